The molecular weight excluding hydrogens is 146 g/mol. The first-order chi connectivity index (χ1) is 5.77. The van der Waals surface area contributed by atoms with Crippen LogP contribution in [0, 0.1) is 5.92 Å². The Bertz CT molecular complexity index is 357. The minimum atomic E-state index is 0.623. The monoisotopic (exact) mass is 163 g/mol. The van der Waals surface area contributed by atoms with Gasteiger partial charge in [0.15, 0.2) is 0 Å². The number of nitrogens with zero attached hydrogens (tertiary/aromatic N) is 1. The largest absolute Gasteiger partial charge is 0.351 e. The van der Waals surface area contributed by atoms with E-state index < -0.39 is 0 Å². The molecule has 1 heterocycles. The lowest BCUT2D eigenvalue weighted by Gasteiger charge is -1.90. The molecule has 0 bridgehead atoms. The fourth-order valence-corrected chi connectivity index (χ4v) is 1.50. The molecule has 0 fully saturated rings. The van der Waals surface area contributed by atoms with Crippen LogP contribution < -0.4 is 10.6 Å². The van der Waals surface area contributed by atoms with Crippen LogP contribution in [-0.4, -0.2) is 4.57 Å². The summed E-state index contributed by atoms with van der Waals surface area (Å²) in [4.78, 5) is 0. The van der Waals surface area contributed by atoms with Crippen LogP contribution in [0.5, 0.6) is 0 Å². The highest BCUT2D eigenvalue weighted by molar-refractivity contribution is 5.48. The maximum Gasteiger partial charge on any atom is 0.0439 e. The molecule has 1 aliphatic rings. The molecule has 1 aliphatic carbocycles. The first-order valence-electron chi connectivity index (χ1n) is 4.62. The average molecular weight is 163 g/mol. The molecule has 1 aromatic heterocycles. The highest BCUT2D eigenvalue weighted by Gasteiger charge is 2.02. The molecule has 2 rings (SSSR count). The van der Waals surface area contributed by atoms with E-state index in [2.05, 4.69) is 43.0 Å². The maximum absolute atomic E-state index is 2.29. The van der Waals surface area contributed by atoms with Crippen molar-refractivity contribution < 1.29 is 0 Å². The minimum absolute atomic E-state index is 0.623. The average Bonchev–Trinajstić information content (AvgIpc) is 2.58. The summed E-state index contributed by atoms with van der Waals surface area (Å²) in [7, 11) is 2.08. The zero-order valence-electron chi connectivity index (χ0n) is 8.33. The third-order valence-corrected chi connectivity index (χ3v) is 2.02. The Labute approximate surface area is 74.0 Å². The van der Waals surface area contributed by atoms with E-state index >= 15 is 0 Å². The number of hydrogen-bond donors (Lipinski definition) is 0. The number of hydrogen-bond acceptors (Lipinski definition) is 0. The van der Waals surface area contributed by atoms with Crippen LogP contribution in [0.1, 0.15) is 20.8 Å². The lowest BCUT2D eigenvalue weighted by Crippen LogP contribution is -2.23. The van der Waals surface area contributed by atoms with Crippen molar-refractivity contribution >= 4 is 12.2 Å². The lowest BCUT2D eigenvalue weighted by atomic mass is 10.2. The van der Waals surface area contributed by atoms with Gasteiger partial charge >= 0.3 is 0 Å². The Kier molecular flexibility index (Phi) is 2.74. The highest BCUT2D eigenvalue weighted by atomic mass is 14.9. The SMILES string of the molecule is CC.CC1C=c2ccn(C)c2=C1. The molecule has 0 spiro atoms. The summed E-state index contributed by atoms with van der Waals surface area (Å²) in [5.74, 6) is 0.623. The van der Waals surface area contributed by atoms with Crippen LogP contribution in [0.15, 0.2) is 12.3 Å². The fraction of sp³-hybridized carbons (Fsp3) is 0.455. The van der Waals surface area contributed by atoms with Gasteiger partial charge in [0, 0.05) is 18.6 Å². The van der Waals surface area contributed by atoms with E-state index in [1.165, 1.54) is 10.6 Å². The Morgan fingerprint density at radius 2 is 1.92 bits per heavy atom. The van der Waals surface area contributed by atoms with Crippen LogP contribution >= 0.6 is 0 Å². The van der Waals surface area contributed by atoms with Gasteiger partial charge in [0.1, 0.15) is 0 Å². The predicted octanol–water partition coefficient (Wildman–Crippen LogP) is 1.26. The zero-order valence-corrected chi connectivity index (χ0v) is 8.33. The Hall–Kier alpha value is -0.980. The molecular formula is C11H17N. The van der Waals surface area contributed by atoms with E-state index in [1.807, 2.05) is 13.8 Å². The summed E-state index contributed by atoms with van der Waals surface area (Å²) >= 11 is 0. The van der Waals surface area contributed by atoms with E-state index in [0.717, 1.165) is 0 Å². The fourth-order valence-electron chi connectivity index (χ4n) is 1.50. The summed E-state index contributed by atoms with van der Waals surface area (Å²) in [6, 6.07) is 2.16. The number of rotatable bonds is 0. The molecule has 0 N–H and O–H groups in total. The normalized spacial score (nSPS) is 18.5. The second-order valence-corrected chi connectivity index (χ2v) is 2.96. The molecule has 0 aliphatic heterocycles. The van der Waals surface area contributed by atoms with Crippen LogP contribution in [0.4, 0.5) is 0 Å². The van der Waals surface area contributed by atoms with Gasteiger partial charge < -0.3 is 4.57 Å². The highest BCUT2D eigenvalue weighted by Crippen LogP contribution is 2.00. The van der Waals surface area contributed by atoms with E-state index in [1.54, 1.807) is 0 Å². The Morgan fingerprint density at radius 3 is 2.50 bits per heavy atom. The third-order valence-electron chi connectivity index (χ3n) is 2.02. The van der Waals surface area contributed by atoms with Gasteiger partial charge in [0.25, 0.3) is 0 Å². The Balaban J connectivity index is 0.000000336. The van der Waals surface area contributed by atoms with Gasteiger partial charge in [-0.05, 0) is 17.2 Å². The van der Waals surface area contributed by atoms with Gasteiger partial charge in [-0.1, -0.05) is 32.9 Å². The van der Waals surface area contributed by atoms with Crippen molar-refractivity contribution in [1.82, 2.24) is 4.57 Å². The smallest absolute Gasteiger partial charge is 0.0439 e. The maximum atomic E-state index is 2.29. The number of aryl methyl sites for hydroxylation is 1. The molecule has 0 radical (unpaired) electrons. The minimum Gasteiger partial charge on any atom is -0.351 e. The van der Waals surface area contributed by atoms with Crippen LogP contribution in [0.2, 0.25) is 0 Å². The summed E-state index contributed by atoms with van der Waals surface area (Å²) in [6.07, 6.45) is 6.67. The first-order valence-corrected chi connectivity index (χ1v) is 4.62. The van der Waals surface area contributed by atoms with Gasteiger partial charge in [-0.2, -0.15) is 0 Å². The molecule has 1 aromatic rings. The molecule has 0 saturated carbocycles. The molecule has 1 unspecified atom stereocenters. The van der Waals surface area contributed by atoms with Gasteiger partial charge in [0.05, 0.1) is 0 Å². The quantitative estimate of drug-likeness (QED) is 0.542. The number of fused-ring (bicyclic) bond motifs is 1. The summed E-state index contributed by atoms with van der Waals surface area (Å²) in [5.41, 5.74) is 0. The molecule has 1 nitrogen and oxygen atoms in total. The van der Waals surface area contributed by atoms with Crippen LogP contribution in [0.25, 0.3) is 12.2 Å². The first kappa shape index (κ1) is 9.11. The van der Waals surface area contributed by atoms with E-state index in [4.69, 9.17) is 0 Å². The summed E-state index contributed by atoms with van der Waals surface area (Å²) < 4.78 is 2.16. The van der Waals surface area contributed by atoms with Crippen molar-refractivity contribution in [3.63, 3.8) is 0 Å². The van der Waals surface area contributed by atoms with E-state index in [0.29, 0.717) is 5.92 Å². The molecule has 0 aromatic carbocycles. The van der Waals surface area contributed by atoms with Crippen molar-refractivity contribution in [1.29, 1.82) is 0 Å². The second kappa shape index (κ2) is 3.61. The van der Waals surface area contributed by atoms with Gasteiger partial charge in [0.2, 0.25) is 0 Å². The van der Waals surface area contributed by atoms with Gasteiger partial charge in [-0.25, -0.2) is 0 Å². The molecule has 1 atom stereocenters. The lowest BCUT2D eigenvalue weighted by molar-refractivity contribution is 0.885. The molecule has 1 heteroatoms. The molecule has 0 saturated heterocycles. The molecule has 66 valence electrons. The van der Waals surface area contributed by atoms with Crippen LogP contribution in [0.3, 0.4) is 0 Å². The molecule has 12 heavy (non-hydrogen) atoms. The van der Waals surface area contributed by atoms with E-state index in [-0.39, 0.29) is 0 Å². The van der Waals surface area contributed by atoms with Crippen molar-refractivity contribution in [2.75, 3.05) is 0 Å². The standard InChI is InChI=1S/C9H11N.C2H6/c1-7-5-8-3-4-10(2)9(8)6-7;1-2/h3-7H,1-2H3;1-2H3. The van der Waals surface area contributed by atoms with Crippen molar-refractivity contribution in [3.8, 4) is 0 Å². The van der Waals surface area contributed by atoms with E-state index in [9.17, 15) is 0 Å². The van der Waals surface area contributed by atoms with Gasteiger partial charge in [-0.15, -0.1) is 0 Å². The zero-order chi connectivity index (χ0) is 9.14. The van der Waals surface area contributed by atoms with Crippen LogP contribution in [-0.2, 0) is 7.05 Å². The third kappa shape index (κ3) is 1.45. The Morgan fingerprint density at radius 1 is 1.25 bits per heavy atom. The van der Waals surface area contributed by atoms with Gasteiger partial charge in [-0.3, -0.25) is 0 Å². The van der Waals surface area contributed by atoms with Crippen molar-refractivity contribution in [2.24, 2.45) is 13.0 Å². The number of aromatic nitrogens is 1. The summed E-state index contributed by atoms with van der Waals surface area (Å²) in [5, 5.41) is 2.75. The summed E-state index contributed by atoms with van der Waals surface area (Å²) in [6.45, 7) is 6.21. The molecule has 0 amide bonds. The predicted molar refractivity (Wildman–Crippen MR) is 54.1 cm³/mol. The second-order valence-electron chi connectivity index (χ2n) is 2.96. The topological polar surface area (TPSA) is 4.93 Å². The van der Waals surface area contributed by atoms with Crippen molar-refractivity contribution in [3.05, 3.63) is 22.8 Å². The van der Waals surface area contributed by atoms with Crippen molar-refractivity contribution in [2.45, 2.75) is 20.8 Å².